The summed E-state index contributed by atoms with van der Waals surface area (Å²) in [6, 6.07) is 9.42. The van der Waals surface area contributed by atoms with Gasteiger partial charge in [-0.2, -0.15) is 0 Å². The molecule has 1 aromatic heterocycles. The number of nitrogens with zero attached hydrogens (tertiary/aromatic N) is 3. The van der Waals surface area contributed by atoms with Gasteiger partial charge in [-0.1, -0.05) is 32.9 Å². The number of benzene rings is 1. The van der Waals surface area contributed by atoms with Crippen LogP contribution in [-0.2, 0) is 4.79 Å². The summed E-state index contributed by atoms with van der Waals surface area (Å²) in [5.74, 6) is -0.0916. The SMILES string of the molecule is CCC(C)(C)C(=O)N1CCN(c2ccc(NC(=O)c3ccccc3F)cn2)CC1. The van der Waals surface area contributed by atoms with E-state index in [1.165, 1.54) is 12.1 Å². The van der Waals surface area contributed by atoms with Gasteiger partial charge in [0, 0.05) is 31.6 Å². The Balaban J connectivity index is 1.58. The van der Waals surface area contributed by atoms with E-state index in [0.29, 0.717) is 31.9 Å². The van der Waals surface area contributed by atoms with Crippen molar-refractivity contribution in [1.82, 2.24) is 9.88 Å². The van der Waals surface area contributed by atoms with Crippen LogP contribution < -0.4 is 10.2 Å². The summed E-state index contributed by atoms with van der Waals surface area (Å²) >= 11 is 0. The predicted octanol–water partition coefficient (Wildman–Crippen LogP) is 3.56. The number of nitrogens with one attached hydrogen (secondary N) is 1. The van der Waals surface area contributed by atoms with Gasteiger partial charge in [0.15, 0.2) is 0 Å². The lowest BCUT2D eigenvalue weighted by Crippen LogP contribution is -2.52. The molecule has 6 nitrogen and oxygen atoms in total. The molecule has 0 unspecified atom stereocenters. The highest BCUT2D eigenvalue weighted by molar-refractivity contribution is 6.04. The highest BCUT2D eigenvalue weighted by Crippen LogP contribution is 2.24. The largest absolute Gasteiger partial charge is 0.353 e. The van der Waals surface area contributed by atoms with Crippen LogP contribution in [0.25, 0.3) is 0 Å². The Kier molecular flexibility index (Phi) is 6.15. The molecule has 0 radical (unpaired) electrons. The molecule has 154 valence electrons. The van der Waals surface area contributed by atoms with Gasteiger partial charge in [0.2, 0.25) is 5.91 Å². The number of carbonyl (C=O) groups excluding carboxylic acids is 2. The van der Waals surface area contributed by atoms with Crippen LogP contribution in [0.1, 0.15) is 37.6 Å². The highest BCUT2D eigenvalue weighted by atomic mass is 19.1. The first kappa shape index (κ1) is 20.8. The molecule has 0 spiro atoms. The molecule has 2 amide bonds. The van der Waals surface area contributed by atoms with E-state index in [-0.39, 0.29) is 16.9 Å². The van der Waals surface area contributed by atoms with E-state index >= 15 is 0 Å². The van der Waals surface area contributed by atoms with Gasteiger partial charge in [0.05, 0.1) is 17.4 Å². The van der Waals surface area contributed by atoms with E-state index in [4.69, 9.17) is 0 Å². The minimum absolute atomic E-state index is 0.00707. The Bertz CT molecular complexity index is 875. The average Bonchev–Trinajstić information content (AvgIpc) is 2.74. The van der Waals surface area contributed by atoms with Crippen LogP contribution in [-0.4, -0.2) is 47.9 Å². The molecule has 0 saturated carbocycles. The number of carbonyl (C=O) groups is 2. The normalized spacial score (nSPS) is 14.6. The van der Waals surface area contributed by atoms with Gasteiger partial charge >= 0.3 is 0 Å². The molecular weight excluding hydrogens is 371 g/mol. The fraction of sp³-hybridized carbons (Fsp3) is 0.409. The van der Waals surface area contributed by atoms with E-state index in [1.54, 1.807) is 24.4 Å². The van der Waals surface area contributed by atoms with E-state index in [0.717, 1.165) is 12.2 Å². The third-order valence-corrected chi connectivity index (χ3v) is 5.48. The molecule has 3 rings (SSSR count). The second-order valence-corrected chi connectivity index (χ2v) is 7.86. The minimum atomic E-state index is -0.562. The third-order valence-electron chi connectivity index (χ3n) is 5.48. The van der Waals surface area contributed by atoms with Gasteiger partial charge in [-0.05, 0) is 30.7 Å². The Morgan fingerprint density at radius 1 is 1.10 bits per heavy atom. The Morgan fingerprint density at radius 3 is 2.38 bits per heavy atom. The van der Waals surface area contributed by atoms with Crippen molar-refractivity contribution in [2.45, 2.75) is 27.2 Å². The van der Waals surface area contributed by atoms with Crippen molar-refractivity contribution in [2.75, 3.05) is 36.4 Å². The molecule has 1 N–H and O–H groups in total. The summed E-state index contributed by atoms with van der Waals surface area (Å²) in [6.45, 7) is 8.74. The number of aromatic nitrogens is 1. The number of rotatable bonds is 5. The first-order valence-corrected chi connectivity index (χ1v) is 9.88. The monoisotopic (exact) mass is 398 g/mol. The molecule has 0 aliphatic carbocycles. The van der Waals surface area contributed by atoms with Crippen molar-refractivity contribution in [3.63, 3.8) is 0 Å². The van der Waals surface area contributed by atoms with Crippen LogP contribution in [0.5, 0.6) is 0 Å². The zero-order valence-corrected chi connectivity index (χ0v) is 17.1. The predicted molar refractivity (Wildman–Crippen MR) is 111 cm³/mol. The zero-order valence-electron chi connectivity index (χ0n) is 17.1. The number of pyridine rings is 1. The summed E-state index contributed by atoms with van der Waals surface area (Å²) in [6.07, 6.45) is 2.37. The van der Waals surface area contributed by atoms with Crippen LogP contribution in [0.4, 0.5) is 15.9 Å². The van der Waals surface area contributed by atoms with Crippen molar-refractivity contribution < 1.29 is 14.0 Å². The summed E-state index contributed by atoms with van der Waals surface area (Å²) < 4.78 is 13.7. The van der Waals surface area contributed by atoms with Crippen LogP contribution in [0, 0.1) is 11.2 Å². The molecule has 29 heavy (non-hydrogen) atoms. The summed E-state index contributed by atoms with van der Waals surface area (Å²) in [7, 11) is 0. The van der Waals surface area contributed by atoms with Gasteiger partial charge in [-0.15, -0.1) is 0 Å². The average molecular weight is 398 g/mol. The lowest BCUT2D eigenvalue weighted by Gasteiger charge is -2.38. The second kappa shape index (κ2) is 8.59. The Labute approximate surface area is 170 Å². The molecule has 2 heterocycles. The zero-order chi connectivity index (χ0) is 21.0. The fourth-order valence-corrected chi connectivity index (χ4v) is 3.21. The van der Waals surface area contributed by atoms with Gasteiger partial charge in [-0.25, -0.2) is 9.37 Å². The number of halogens is 1. The quantitative estimate of drug-likeness (QED) is 0.836. The van der Waals surface area contributed by atoms with Crippen molar-refractivity contribution in [3.05, 3.63) is 54.0 Å². The maximum Gasteiger partial charge on any atom is 0.258 e. The van der Waals surface area contributed by atoms with E-state index in [2.05, 4.69) is 15.2 Å². The summed E-state index contributed by atoms with van der Waals surface area (Å²) in [4.78, 5) is 33.3. The highest BCUT2D eigenvalue weighted by Gasteiger charge is 2.32. The van der Waals surface area contributed by atoms with E-state index in [1.807, 2.05) is 31.7 Å². The first-order chi connectivity index (χ1) is 13.8. The molecule has 1 saturated heterocycles. The number of piperazine rings is 1. The van der Waals surface area contributed by atoms with Gasteiger partial charge in [-0.3, -0.25) is 9.59 Å². The molecule has 7 heteroatoms. The van der Waals surface area contributed by atoms with E-state index in [9.17, 15) is 14.0 Å². The van der Waals surface area contributed by atoms with Gasteiger partial charge in [0.25, 0.3) is 5.91 Å². The Hall–Kier alpha value is -2.96. The maximum atomic E-state index is 13.7. The molecule has 1 aromatic carbocycles. The molecule has 0 bridgehead atoms. The fourth-order valence-electron chi connectivity index (χ4n) is 3.21. The number of hydrogen-bond acceptors (Lipinski definition) is 4. The van der Waals surface area contributed by atoms with Crippen LogP contribution in [0.3, 0.4) is 0 Å². The van der Waals surface area contributed by atoms with Crippen molar-refractivity contribution in [1.29, 1.82) is 0 Å². The van der Waals surface area contributed by atoms with E-state index < -0.39 is 11.7 Å². The van der Waals surface area contributed by atoms with Gasteiger partial charge < -0.3 is 15.1 Å². The lowest BCUT2D eigenvalue weighted by molar-refractivity contribution is -0.140. The van der Waals surface area contributed by atoms with Gasteiger partial charge in [0.1, 0.15) is 11.6 Å². The first-order valence-electron chi connectivity index (χ1n) is 9.88. The molecule has 1 aliphatic rings. The Morgan fingerprint density at radius 2 is 1.79 bits per heavy atom. The van der Waals surface area contributed by atoms with Crippen LogP contribution in [0.15, 0.2) is 42.6 Å². The molecule has 1 aliphatic heterocycles. The van der Waals surface area contributed by atoms with Crippen molar-refractivity contribution in [2.24, 2.45) is 5.41 Å². The molecule has 0 atom stereocenters. The lowest BCUT2D eigenvalue weighted by atomic mass is 9.88. The standard InChI is InChI=1S/C22H27FN4O2/c1-4-22(2,3)21(29)27-13-11-26(12-14-27)19-10-9-16(15-24-19)25-20(28)17-7-5-6-8-18(17)23/h5-10,15H,4,11-14H2,1-3H3,(H,25,28). The summed E-state index contributed by atoms with van der Waals surface area (Å²) in [5.41, 5.74) is 0.159. The maximum absolute atomic E-state index is 13.7. The number of amides is 2. The topological polar surface area (TPSA) is 65.5 Å². The molecule has 2 aromatic rings. The third kappa shape index (κ3) is 4.72. The van der Waals surface area contributed by atoms with Crippen molar-refractivity contribution >= 4 is 23.3 Å². The molecule has 1 fully saturated rings. The molecular formula is C22H27FN4O2. The number of anilines is 2. The second-order valence-electron chi connectivity index (χ2n) is 7.86. The van der Waals surface area contributed by atoms with Crippen LogP contribution in [0.2, 0.25) is 0 Å². The smallest absolute Gasteiger partial charge is 0.258 e. The summed E-state index contributed by atoms with van der Waals surface area (Å²) in [5, 5.41) is 2.66. The minimum Gasteiger partial charge on any atom is -0.353 e. The number of hydrogen-bond donors (Lipinski definition) is 1. The van der Waals surface area contributed by atoms with Crippen LogP contribution >= 0.6 is 0 Å². The van der Waals surface area contributed by atoms with Crippen molar-refractivity contribution in [3.8, 4) is 0 Å².